The Hall–Kier alpha value is -1.50. The molecule has 0 bridgehead atoms. The van der Waals surface area contributed by atoms with Gasteiger partial charge in [0.1, 0.15) is 0 Å². The highest BCUT2D eigenvalue weighted by Gasteiger charge is 2.37. The van der Waals surface area contributed by atoms with Gasteiger partial charge in [-0.2, -0.15) is 17.9 Å². The Bertz CT molecular complexity index is 728. The standard InChI is InChI=1S/C13H16F5N3O3S.ClH/c1-8(11(22)20-7-12(14,15)6-19)21-25(23,24)10-5-3-2-4-9(10)13(16,17)18;/h2-5,8,21H,6-7,19H2,1H3,(H,20,22);1H. The normalized spacial score (nSPS) is 13.7. The molecule has 6 nitrogen and oxygen atoms in total. The molecule has 0 saturated heterocycles. The molecule has 0 saturated carbocycles. The molecule has 1 amide bonds. The van der Waals surface area contributed by atoms with E-state index in [0.717, 1.165) is 25.1 Å². The topological polar surface area (TPSA) is 101 Å². The van der Waals surface area contributed by atoms with Gasteiger partial charge in [-0.15, -0.1) is 12.4 Å². The number of carbonyl (C=O) groups excluding carboxylic acids is 1. The first-order valence-corrected chi connectivity index (χ1v) is 8.32. The maximum absolute atomic E-state index is 13.0. The van der Waals surface area contributed by atoms with E-state index in [1.54, 1.807) is 10.0 Å². The number of carbonyl (C=O) groups is 1. The molecule has 1 atom stereocenters. The lowest BCUT2D eigenvalue weighted by Gasteiger charge is -2.19. The minimum absolute atomic E-state index is 0. The second-order valence-corrected chi connectivity index (χ2v) is 6.80. The van der Waals surface area contributed by atoms with Crippen LogP contribution in [-0.4, -0.2) is 39.4 Å². The molecule has 0 aliphatic heterocycles. The first-order valence-electron chi connectivity index (χ1n) is 6.84. The molecule has 0 heterocycles. The van der Waals surface area contributed by atoms with Crippen molar-refractivity contribution in [3.8, 4) is 0 Å². The fraction of sp³-hybridized carbons (Fsp3) is 0.462. The Kier molecular flexibility index (Phi) is 8.41. The number of hydrogen-bond donors (Lipinski definition) is 3. The quantitative estimate of drug-likeness (QED) is 0.576. The van der Waals surface area contributed by atoms with Crippen LogP contribution in [-0.2, 0) is 21.0 Å². The molecule has 0 aromatic heterocycles. The van der Waals surface area contributed by atoms with Gasteiger partial charge >= 0.3 is 6.18 Å². The minimum Gasteiger partial charge on any atom is -0.349 e. The van der Waals surface area contributed by atoms with E-state index in [1.807, 2.05) is 0 Å². The highest BCUT2D eigenvalue weighted by molar-refractivity contribution is 7.89. The molecule has 1 rings (SSSR count). The third-order valence-corrected chi connectivity index (χ3v) is 4.63. The van der Waals surface area contributed by atoms with E-state index in [1.165, 1.54) is 0 Å². The third-order valence-electron chi connectivity index (χ3n) is 3.03. The van der Waals surface area contributed by atoms with Gasteiger partial charge in [-0.3, -0.25) is 4.79 Å². The predicted molar refractivity (Wildman–Crippen MR) is 85.5 cm³/mol. The summed E-state index contributed by atoms with van der Waals surface area (Å²) in [4.78, 5) is 10.6. The first-order chi connectivity index (χ1) is 11.3. The number of alkyl halides is 5. The van der Waals surface area contributed by atoms with E-state index in [0.29, 0.717) is 6.07 Å². The Morgan fingerprint density at radius 2 is 1.73 bits per heavy atom. The number of nitrogens with one attached hydrogen (secondary N) is 2. The molecule has 1 aromatic carbocycles. The minimum atomic E-state index is -4.93. The van der Waals surface area contributed by atoms with Crippen molar-refractivity contribution in [2.24, 2.45) is 5.73 Å². The van der Waals surface area contributed by atoms with Crippen molar-refractivity contribution in [2.45, 2.75) is 30.0 Å². The van der Waals surface area contributed by atoms with Crippen molar-refractivity contribution in [1.82, 2.24) is 10.0 Å². The van der Waals surface area contributed by atoms with Gasteiger partial charge in [0.15, 0.2) is 0 Å². The number of sulfonamides is 1. The lowest BCUT2D eigenvalue weighted by Crippen LogP contribution is -2.49. The Balaban J connectivity index is 0.00000625. The van der Waals surface area contributed by atoms with Crippen molar-refractivity contribution >= 4 is 28.3 Å². The summed E-state index contributed by atoms with van der Waals surface area (Å²) in [6.07, 6.45) is -4.93. The zero-order valence-electron chi connectivity index (χ0n) is 13.3. The van der Waals surface area contributed by atoms with Crippen LogP contribution < -0.4 is 15.8 Å². The molecule has 13 heteroatoms. The van der Waals surface area contributed by atoms with Crippen LogP contribution in [0, 0.1) is 0 Å². The average Bonchev–Trinajstić information content (AvgIpc) is 2.51. The van der Waals surface area contributed by atoms with E-state index >= 15 is 0 Å². The zero-order valence-corrected chi connectivity index (χ0v) is 14.9. The van der Waals surface area contributed by atoms with Crippen molar-refractivity contribution in [3.63, 3.8) is 0 Å². The average molecular weight is 426 g/mol. The SMILES string of the molecule is CC(NS(=O)(=O)c1ccccc1C(F)(F)F)C(=O)NCC(F)(F)CN.Cl. The molecule has 0 spiro atoms. The lowest BCUT2D eigenvalue weighted by molar-refractivity contribution is -0.139. The van der Waals surface area contributed by atoms with Gasteiger partial charge < -0.3 is 11.1 Å². The van der Waals surface area contributed by atoms with Crippen molar-refractivity contribution < 1.29 is 35.2 Å². The first kappa shape index (κ1) is 24.5. The third kappa shape index (κ3) is 6.67. The van der Waals surface area contributed by atoms with Crippen LogP contribution >= 0.6 is 12.4 Å². The van der Waals surface area contributed by atoms with E-state index in [4.69, 9.17) is 5.73 Å². The maximum Gasteiger partial charge on any atom is 0.417 e. The number of rotatable bonds is 7. The van der Waals surface area contributed by atoms with Crippen LogP contribution in [0.2, 0.25) is 0 Å². The molecule has 4 N–H and O–H groups in total. The fourth-order valence-corrected chi connectivity index (χ4v) is 3.16. The number of halogens is 6. The Labute approximate surface area is 152 Å². The number of hydrogen-bond acceptors (Lipinski definition) is 4. The molecule has 26 heavy (non-hydrogen) atoms. The van der Waals surface area contributed by atoms with Gasteiger partial charge in [0.2, 0.25) is 15.9 Å². The second kappa shape index (κ2) is 8.93. The van der Waals surface area contributed by atoms with E-state index in [-0.39, 0.29) is 12.4 Å². The van der Waals surface area contributed by atoms with Crippen LogP contribution in [0.25, 0.3) is 0 Å². The fourth-order valence-electron chi connectivity index (χ4n) is 1.73. The van der Waals surface area contributed by atoms with Gasteiger partial charge in [-0.05, 0) is 19.1 Å². The summed E-state index contributed by atoms with van der Waals surface area (Å²) < 4.78 is 90.6. The molecular formula is C13H17ClF5N3O3S. The molecule has 0 radical (unpaired) electrons. The summed E-state index contributed by atoms with van der Waals surface area (Å²) >= 11 is 0. The summed E-state index contributed by atoms with van der Waals surface area (Å²) in [6, 6.07) is 1.79. The second-order valence-electron chi connectivity index (χ2n) is 5.11. The summed E-state index contributed by atoms with van der Waals surface area (Å²) in [5.41, 5.74) is 3.37. The largest absolute Gasteiger partial charge is 0.417 e. The van der Waals surface area contributed by atoms with Gasteiger partial charge in [-0.1, -0.05) is 12.1 Å². The van der Waals surface area contributed by atoms with Gasteiger partial charge in [-0.25, -0.2) is 17.2 Å². The van der Waals surface area contributed by atoms with Crippen LogP contribution in [0.4, 0.5) is 22.0 Å². The lowest BCUT2D eigenvalue weighted by atomic mass is 10.2. The monoisotopic (exact) mass is 425 g/mol. The van der Waals surface area contributed by atoms with Gasteiger partial charge in [0, 0.05) is 0 Å². The molecule has 150 valence electrons. The number of nitrogens with two attached hydrogens (primary N) is 1. The van der Waals surface area contributed by atoms with E-state index in [2.05, 4.69) is 0 Å². The number of benzene rings is 1. The summed E-state index contributed by atoms with van der Waals surface area (Å²) in [6.45, 7) is -1.16. The Morgan fingerprint density at radius 3 is 2.23 bits per heavy atom. The molecule has 1 aromatic rings. The summed E-state index contributed by atoms with van der Waals surface area (Å²) in [5.74, 6) is -4.53. The highest BCUT2D eigenvalue weighted by atomic mass is 35.5. The number of amides is 1. The van der Waals surface area contributed by atoms with Crippen LogP contribution in [0.5, 0.6) is 0 Å². The molecule has 0 aliphatic rings. The highest BCUT2D eigenvalue weighted by Crippen LogP contribution is 2.33. The van der Waals surface area contributed by atoms with E-state index < -0.39 is 57.6 Å². The summed E-state index contributed by atoms with van der Waals surface area (Å²) in [7, 11) is -4.72. The molecule has 1 unspecified atom stereocenters. The van der Waals surface area contributed by atoms with Gasteiger partial charge in [0.05, 0.1) is 29.6 Å². The van der Waals surface area contributed by atoms with Crippen molar-refractivity contribution in [1.29, 1.82) is 0 Å². The molecule has 0 aliphatic carbocycles. The van der Waals surface area contributed by atoms with Crippen molar-refractivity contribution in [2.75, 3.05) is 13.1 Å². The molecular weight excluding hydrogens is 409 g/mol. The van der Waals surface area contributed by atoms with Crippen LogP contribution in [0.15, 0.2) is 29.2 Å². The van der Waals surface area contributed by atoms with Gasteiger partial charge in [0.25, 0.3) is 5.92 Å². The van der Waals surface area contributed by atoms with Crippen molar-refractivity contribution in [3.05, 3.63) is 29.8 Å². The Morgan fingerprint density at radius 1 is 1.19 bits per heavy atom. The molecule has 0 fully saturated rings. The van der Waals surface area contributed by atoms with Crippen LogP contribution in [0.1, 0.15) is 12.5 Å². The maximum atomic E-state index is 13.0. The smallest absolute Gasteiger partial charge is 0.349 e. The predicted octanol–water partition coefficient (Wildman–Crippen LogP) is 1.50. The van der Waals surface area contributed by atoms with Crippen LogP contribution in [0.3, 0.4) is 0 Å². The summed E-state index contributed by atoms with van der Waals surface area (Å²) in [5, 5.41) is 1.77. The zero-order chi connectivity index (χ0) is 19.5. The van der Waals surface area contributed by atoms with E-state index in [9.17, 15) is 35.2 Å².